The van der Waals surface area contributed by atoms with Gasteiger partial charge in [-0.1, -0.05) is 6.07 Å². The van der Waals surface area contributed by atoms with Crippen LogP contribution in [-0.4, -0.2) is 65.4 Å². The number of benzene rings is 1. The van der Waals surface area contributed by atoms with Gasteiger partial charge in [0.05, 0.1) is 24.9 Å². The highest BCUT2D eigenvalue weighted by Crippen LogP contribution is 2.33. The first-order valence-electron chi connectivity index (χ1n) is 8.38. The summed E-state index contributed by atoms with van der Waals surface area (Å²) in [5, 5.41) is 3.25. The van der Waals surface area contributed by atoms with E-state index in [0.29, 0.717) is 24.6 Å². The van der Waals surface area contributed by atoms with Crippen LogP contribution in [0.15, 0.2) is 23.1 Å². The van der Waals surface area contributed by atoms with Crippen LogP contribution in [0.25, 0.3) is 0 Å². The molecule has 0 aliphatic carbocycles. The summed E-state index contributed by atoms with van der Waals surface area (Å²) in [5.41, 5.74) is 0.594. The molecular formula is C16H25N3O4S. The standard InChI is InChI=1S/C16H25N3O4S/c1-13-12-23-15-5-2-4-14(16(15)24(20,21)18-13)17-6-3-7-19-8-10-22-11-9-19/h2,4-5,13,17-18H,3,6-12H2,1H3/t13-/m1/s1. The molecule has 2 aliphatic heterocycles. The number of hydrogen-bond acceptors (Lipinski definition) is 6. The molecule has 2 N–H and O–H groups in total. The fourth-order valence-corrected chi connectivity index (χ4v) is 4.51. The summed E-state index contributed by atoms with van der Waals surface area (Å²) in [6.45, 7) is 7.31. The molecule has 134 valence electrons. The first-order valence-corrected chi connectivity index (χ1v) is 9.87. The average molecular weight is 355 g/mol. The van der Waals surface area contributed by atoms with Gasteiger partial charge in [-0.2, -0.15) is 0 Å². The Morgan fingerprint density at radius 3 is 2.92 bits per heavy atom. The van der Waals surface area contributed by atoms with Gasteiger partial charge in [-0.25, -0.2) is 13.1 Å². The molecule has 1 atom stereocenters. The maximum Gasteiger partial charge on any atom is 0.246 e. The van der Waals surface area contributed by atoms with Crippen LogP contribution >= 0.6 is 0 Å². The number of nitrogens with one attached hydrogen (secondary N) is 2. The first-order chi connectivity index (χ1) is 11.6. The monoisotopic (exact) mass is 355 g/mol. The van der Waals surface area contributed by atoms with Crippen LogP contribution in [0.2, 0.25) is 0 Å². The van der Waals surface area contributed by atoms with E-state index in [0.717, 1.165) is 39.3 Å². The van der Waals surface area contributed by atoms with E-state index in [1.807, 2.05) is 6.07 Å². The molecule has 2 aliphatic rings. The summed E-state index contributed by atoms with van der Waals surface area (Å²) < 4.78 is 38.7. The molecule has 7 nitrogen and oxygen atoms in total. The zero-order chi connectivity index (χ0) is 17.0. The van der Waals surface area contributed by atoms with Crippen molar-refractivity contribution < 1.29 is 17.9 Å². The van der Waals surface area contributed by atoms with Crippen LogP contribution in [0, 0.1) is 0 Å². The molecule has 0 saturated carbocycles. The molecule has 1 fully saturated rings. The number of nitrogens with zero attached hydrogens (tertiary/aromatic N) is 1. The van der Waals surface area contributed by atoms with Gasteiger partial charge in [0.15, 0.2) is 0 Å². The second-order valence-electron chi connectivity index (χ2n) is 6.20. The number of fused-ring (bicyclic) bond motifs is 1. The van der Waals surface area contributed by atoms with Crippen LogP contribution in [0.1, 0.15) is 13.3 Å². The largest absolute Gasteiger partial charge is 0.490 e. The van der Waals surface area contributed by atoms with E-state index in [-0.39, 0.29) is 10.9 Å². The second kappa shape index (κ2) is 7.69. The minimum absolute atomic E-state index is 0.209. The summed E-state index contributed by atoms with van der Waals surface area (Å²) in [7, 11) is -3.58. The first kappa shape index (κ1) is 17.5. The van der Waals surface area contributed by atoms with E-state index in [4.69, 9.17) is 9.47 Å². The Bertz CT molecular complexity index is 659. The van der Waals surface area contributed by atoms with Gasteiger partial charge in [-0.3, -0.25) is 4.90 Å². The molecule has 1 aromatic rings. The second-order valence-corrected chi connectivity index (χ2v) is 7.85. The third-order valence-corrected chi connectivity index (χ3v) is 5.83. The van der Waals surface area contributed by atoms with Crippen LogP contribution in [0.5, 0.6) is 5.75 Å². The lowest BCUT2D eigenvalue weighted by Gasteiger charge is -2.26. The van der Waals surface area contributed by atoms with Crippen molar-refractivity contribution in [3.8, 4) is 5.75 Å². The number of anilines is 1. The number of ether oxygens (including phenoxy) is 2. The predicted octanol–water partition coefficient (Wildman–Crippen LogP) is 0.880. The molecule has 0 amide bonds. The molecule has 0 unspecified atom stereocenters. The Labute approximate surface area is 143 Å². The molecule has 3 rings (SSSR count). The van der Waals surface area contributed by atoms with Crippen LogP contribution < -0.4 is 14.8 Å². The molecule has 0 bridgehead atoms. The maximum atomic E-state index is 12.6. The molecule has 1 saturated heterocycles. The Kier molecular flexibility index (Phi) is 5.60. The Balaban J connectivity index is 1.64. The summed E-state index contributed by atoms with van der Waals surface area (Å²) in [4.78, 5) is 2.57. The predicted molar refractivity (Wildman–Crippen MR) is 92.1 cm³/mol. The van der Waals surface area contributed by atoms with Gasteiger partial charge < -0.3 is 14.8 Å². The Morgan fingerprint density at radius 2 is 2.12 bits per heavy atom. The van der Waals surface area contributed by atoms with E-state index in [1.165, 1.54) is 0 Å². The highest BCUT2D eigenvalue weighted by atomic mass is 32.2. The van der Waals surface area contributed by atoms with Gasteiger partial charge in [-0.15, -0.1) is 0 Å². The SMILES string of the molecule is C[C@@H]1COc2cccc(NCCCN3CCOCC3)c2S(=O)(=O)N1. The topological polar surface area (TPSA) is 79.9 Å². The highest BCUT2D eigenvalue weighted by molar-refractivity contribution is 7.89. The normalized spacial score (nSPS) is 23.8. The van der Waals surface area contributed by atoms with Gasteiger partial charge in [0, 0.05) is 19.6 Å². The molecule has 0 spiro atoms. The summed E-state index contributed by atoms with van der Waals surface area (Å²) in [5.74, 6) is 0.407. The van der Waals surface area contributed by atoms with Crippen molar-refractivity contribution in [1.29, 1.82) is 0 Å². The van der Waals surface area contributed by atoms with E-state index >= 15 is 0 Å². The number of rotatable bonds is 5. The van der Waals surface area contributed by atoms with Crippen molar-refractivity contribution >= 4 is 15.7 Å². The fraction of sp³-hybridized carbons (Fsp3) is 0.625. The zero-order valence-electron chi connectivity index (χ0n) is 14.0. The fourth-order valence-electron chi connectivity index (χ4n) is 2.97. The third kappa shape index (κ3) is 4.18. The summed E-state index contributed by atoms with van der Waals surface area (Å²) in [6, 6.07) is 5.04. The van der Waals surface area contributed by atoms with Gasteiger partial charge >= 0.3 is 0 Å². The van der Waals surface area contributed by atoms with Gasteiger partial charge in [-0.05, 0) is 32.0 Å². The molecule has 24 heavy (non-hydrogen) atoms. The lowest BCUT2D eigenvalue weighted by molar-refractivity contribution is 0.0378. The van der Waals surface area contributed by atoms with E-state index < -0.39 is 10.0 Å². The van der Waals surface area contributed by atoms with Crippen LogP contribution in [-0.2, 0) is 14.8 Å². The van der Waals surface area contributed by atoms with Crippen molar-refractivity contribution in [3.05, 3.63) is 18.2 Å². The van der Waals surface area contributed by atoms with Crippen molar-refractivity contribution in [2.45, 2.75) is 24.3 Å². The Morgan fingerprint density at radius 1 is 1.33 bits per heavy atom. The summed E-state index contributed by atoms with van der Waals surface area (Å²) in [6.07, 6.45) is 0.939. The lowest BCUT2D eigenvalue weighted by atomic mass is 10.2. The van der Waals surface area contributed by atoms with E-state index in [9.17, 15) is 8.42 Å². The third-order valence-electron chi connectivity index (χ3n) is 4.16. The molecule has 0 aromatic heterocycles. The van der Waals surface area contributed by atoms with Crippen LogP contribution in [0.3, 0.4) is 0 Å². The van der Waals surface area contributed by atoms with Crippen molar-refractivity contribution in [2.24, 2.45) is 0 Å². The number of sulfonamides is 1. The average Bonchev–Trinajstić information content (AvgIpc) is 2.68. The molecule has 8 heteroatoms. The maximum absolute atomic E-state index is 12.6. The molecule has 0 radical (unpaired) electrons. The number of morpholine rings is 1. The van der Waals surface area contributed by atoms with Crippen molar-refractivity contribution in [3.63, 3.8) is 0 Å². The Hall–Kier alpha value is -1.35. The molecule has 2 heterocycles. The van der Waals surface area contributed by atoms with E-state index in [1.54, 1.807) is 19.1 Å². The van der Waals surface area contributed by atoms with Gasteiger partial charge in [0.1, 0.15) is 17.3 Å². The van der Waals surface area contributed by atoms with Gasteiger partial charge in [0.25, 0.3) is 0 Å². The minimum atomic E-state index is -3.58. The molecule has 1 aromatic carbocycles. The number of hydrogen-bond donors (Lipinski definition) is 2. The van der Waals surface area contributed by atoms with Crippen molar-refractivity contribution in [1.82, 2.24) is 9.62 Å². The quantitative estimate of drug-likeness (QED) is 0.764. The van der Waals surface area contributed by atoms with Crippen LogP contribution in [0.4, 0.5) is 5.69 Å². The lowest BCUT2D eigenvalue weighted by Crippen LogP contribution is -2.37. The highest BCUT2D eigenvalue weighted by Gasteiger charge is 2.29. The summed E-state index contributed by atoms with van der Waals surface area (Å²) >= 11 is 0. The zero-order valence-corrected chi connectivity index (χ0v) is 14.8. The smallest absolute Gasteiger partial charge is 0.246 e. The molecular weight excluding hydrogens is 330 g/mol. The minimum Gasteiger partial charge on any atom is -0.490 e. The van der Waals surface area contributed by atoms with Gasteiger partial charge in [0.2, 0.25) is 10.0 Å². The van der Waals surface area contributed by atoms with Crippen molar-refractivity contribution in [2.75, 3.05) is 51.3 Å². The van der Waals surface area contributed by atoms with E-state index in [2.05, 4.69) is 14.9 Å².